The summed E-state index contributed by atoms with van der Waals surface area (Å²) in [5, 5.41) is 11.9. The smallest absolute Gasteiger partial charge is 0.0616 e. The fourth-order valence-electron chi connectivity index (χ4n) is 1.27. The van der Waals surface area contributed by atoms with Gasteiger partial charge in [0.05, 0.1) is 6.10 Å². The van der Waals surface area contributed by atoms with Gasteiger partial charge in [0.2, 0.25) is 0 Å². The fourth-order valence-corrected chi connectivity index (χ4v) is 2.02. The Kier molecular flexibility index (Phi) is 3.94. The van der Waals surface area contributed by atoms with Gasteiger partial charge < -0.3 is 5.11 Å². The zero-order chi connectivity index (χ0) is 9.84. The Balaban J connectivity index is 2.45. The Labute approximate surface area is 84.4 Å². The van der Waals surface area contributed by atoms with Gasteiger partial charge in [-0.25, -0.2) is 0 Å². The third kappa shape index (κ3) is 3.12. The van der Waals surface area contributed by atoms with E-state index in [9.17, 15) is 5.11 Å². The van der Waals surface area contributed by atoms with Crippen LogP contribution in [-0.4, -0.2) is 11.2 Å². The summed E-state index contributed by atoms with van der Waals surface area (Å²) in [5.74, 6) is 0.928. The molecule has 0 aliphatic heterocycles. The van der Waals surface area contributed by atoms with Gasteiger partial charge in [-0.3, -0.25) is 0 Å². The molecule has 2 heteroatoms. The van der Waals surface area contributed by atoms with E-state index in [1.165, 1.54) is 4.88 Å². The zero-order valence-electron chi connectivity index (χ0n) is 8.53. The van der Waals surface area contributed by atoms with Gasteiger partial charge in [0.25, 0.3) is 0 Å². The van der Waals surface area contributed by atoms with Crippen LogP contribution in [0.2, 0.25) is 0 Å². The molecule has 13 heavy (non-hydrogen) atoms. The average Bonchev–Trinajstić information content (AvgIpc) is 2.55. The highest BCUT2D eigenvalue weighted by Gasteiger charge is 2.17. The maximum Gasteiger partial charge on any atom is 0.0616 e. The first kappa shape index (κ1) is 10.7. The van der Waals surface area contributed by atoms with E-state index < -0.39 is 0 Å². The quantitative estimate of drug-likeness (QED) is 0.788. The summed E-state index contributed by atoms with van der Waals surface area (Å²) < 4.78 is 0. The Bertz CT molecular complexity index is 228. The molecule has 1 aromatic heterocycles. The molecular weight excluding hydrogens is 180 g/mol. The number of thiophene rings is 1. The van der Waals surface area contributed by atoms with Crippen LogP contribution in [0.5, 0.6) is 0 Å². The minimum absolute atomic E-state index is 0.196. The van der Waals surface area contributed by atoms with Crippen LogP contribution in [0.25, 0.3) is 0 Å². The van der Waals surface area contributed by atoms with E-state index >= 15 is 0 Å². The largest absolute Gasteiger partial charge is 0.392 e. The summed E-state index contributed by atoms with van der Waals surface area (Å²) in [6, 6.07) is 4.12. The van der Waals surface area contributed by atoms with Gasteiger partial charge in [-0.05, 0) is 23.3 Å². The Morgan fingerprint density at radius 1 is 1.38 bits per heavy atom. The third-order valence-electron chi connectivity index (χ3n) is 2.65. The van der Waals surface area contributed by atoms with Crippen LogP contribution in [0.15, 0.2) is 17.5 Å². The summed E-state index contributed by atoms with van der Waals surface area (Å²) in [4.78, 5) is 1.28. The number of hydrogen-bond acceptors (Lipinski definition) is 2. The van der Waals surface area contributed by atoms with Gasteiger partial charge >= 0.3 is 0 Å². The highest BCUT2D eigenvalue weighted by atomic mass is 32.1. The predicted octanol–water partition coefficient (Wildman–Crippen LogP) is 2.94. The van der Waals surface area contributed by atoms with Crippen molar-refractivity contribution in [2.75, 3.05) is 0 Å². The van der Waals surface area contributed by atoms with E-state index in [1.807, 2.05) is 6.07 Å². The lowest BCUT2D eigenvalue weighted by Crippen LogP contribution is -2.24. The minimum atomic E-state index is -0.196. The first-order chi connectivity index (χ1) is 6.11. The first-order valence-corrected chi connectivity index (χ1v) is 5.69. The highest BCUT2D eigenvalue weighted by Crippen LogP contribution is 2.20. The maximum absolute atomic E-state index is 9.87. The van der Waals surface area contributed by atoms with Crippen molar-refractivity contribution in [3.63, 3.8) is 0 Å². The lowest BCUT2D eigenvalue weighted by molar-refractivity contribution is 0.0929. The normalized spacial score (nSPS) is 16.1. The molecule has 0 fully saturated rings. The predicted molar refractivity (Wildman–Crippen MR) is 58.0 cm³/mol. The molecule has 0 bridgehead atoms. The standard InChI is InChI=1S/C11H18OS/c1-8(2)9(3)11(12)7-10-5-4-6-13-10/h4-6,8-9,11-12H,7H2,1-3H3. The number of aliphatic hydroxyl groups is 1. The Morgan fingerprint density at radius 3 is 2.54 bits per heavy atom. The Hall–Kier alpha value is -0.340. The second kappa shape index (κ2) is 4.77. The van der Waals surface area contributed by atoms with Crippen LogP contribution < -0.4 is 0 Å². The van der Waals surface area contributed by atoms with E-state index in [1.54, 1.807) is 11.3 Å². The van der Waals surface area contributed by atoms with Crippen LogP contribution in [0.4, 0.5) is 0 Å². The molecule has 0 aromatic carbocycles. The van der Waals surface area contributed by atoms with Crippen LogP contribution in [0, 0.1) is 11.8 Å². The van der Waals surface area contributed by atoms with Crippen LogP contribution in [0.3, 0.4) is 0 Å². The molecule has 1 rings (SSSR count). The van der Waals surface area contributed by atoms with Crippen LogP contribution in [-0.2, 0) is 6.42 Å². The summed E-state index contributed by atoms with van der Waals surface area (Å²) in [6.45, 7) is 6.42. The van der Waals surface area contributed by atoms with Crippen molar-refractivity contribution in [2.24, 2.45) is 11.8 Å². The van der Waals surface area contributed by atoms with E-state index in [0.29, 0.717) is 11.8 Å². The molecule has 0 amide bonds. The van der Waals surface area contributed by atoms with Crippen molar-refractivity contribution < 1.29 is 5.11 Å². The van der Waals surface area contributed by atoms with Crippen molar-refractivity contribution in [1.29, 1.82) is 0 Å². The van der Waals surface area contributed by atoms with Crippen molar-refractivity contribution in [3.05, 3.63) is 22.4 Å². The number of hydrogen-bond donors (Lipinski definition) is 1. The van der Waals surface area contributed by atoms with Gasteiger partial charge in [0.1, 0.15) is 0 Å². The van der Waals surface area contributed by atoms with Crippen molar-refractivity contribution in [3.8, 4) is 0 Å². The summed E-state index contributed by atoms with van der Waals surface area (Å²) in [5.41, 5.74) is 0. The second-order valence-corrected chi connectivity index (χ2v) is 4.99. The molecule has 74 valence electrons. The fraction of sp³-hybridized carbons (Fsp3) is 0.636. The van der Waals surface area contributed by atoms with Gasteiger partial charge in [0.15, 0.2) is 0 Å². The molecule has 1 heterocycles. The molecule has 0 radical (unpaired) electrons. The van der Waals surface area contributed by atoms with Gasteiger partial charge in [-0.1, -0.05) is 26.8 Å². The summed E-state index contributed by atoms with van der Waals surface area (Å²) >= 11 is 1.72. The van der Waals surface area contributed by atoms with E-state index in [0.717, 1.165) is 6.42 Å². The number of rotatable bonds is 4. The molecule has 0 spiro atoms. The molecule has 0 saturated heterocycles. The average molecular weight is 198 g/mol. The lowest BCUT2D eigenvalue weighted by Gasteiger charge is -2.21. The molecule has 1 N–H and O–H groups in total. The summed E-state index contributed by atoms with van der Waals surface area (Å²) in [7, 11) is 0. The first-order valence-electron chi connectivity index (χ1n) is 4.81. The topological polar surface area (TPSA) is 20.2 Å². The van der Waals surface area contributed by atoms with Crippen molar-refractivity contribution in [2.45, 2.75) is 33.3 Å². The molecule has 1 nitrogen and oxygen atoms in total. The molecule has 2 unspecified atom stereocenters. The van der Waals surface area contributed by atoms with E-state index in [-0.39, 0.29) is 6.10 Å². The van der Waals surface area contributed by atoms with Gasteiger partial charge in [-0.15, -0.1) is 11.3 Å². The number of aliphatic hydroxyl groups excluding tert-OH is 1. The van der Waals surface area contributed by atoms with E-state index in [2.05, 4.69) is 32.2 Å². The minimum Gasteiger partial charge on any atom is -0.392 e. The Morgan fingerprint density at radius 2 is 2.08 bits per heavy atom. The van der Waals surface area contributed by atoms with Gasteiger partial charge in [0, 0.05) is 11.3 Å². The van der Waals surface area contributed by atoms with Gasteiger partial charge in [-0.2, -0.15) is 0 Å². The summed E-state index contributed by atoms with van der Waals surface area (Å²) in [6.07, 6.45) is 0.607. The van der Waals surface area contributed by atoms with Crippen molar-refractivity contribution in [1.82, 2.24) is 0 Å². The maximum atomic E-state index is 9.87. The molecule has 0 aliphatic rings. The van der Waals surface area contributed by atoms with Crippen LogP contribution in [0.1, 0.15) is 25.6 Å². The molecule has 1 aromatic rings. The second-order valence-electron chi connectivity index (χ2n) is 3.95. The monoisotopic (exact) mass is 198 g/mol. The molecule has 2 atom stereocenters. The molecule has 0 aliphatic carbocycles. The van der Waals surface area contributed by atoms with E-state index in [4.69, 9.17) is 0 Å². The van der Waals surface area contributed by atoms with Crippen LogP contribution >= 0.6 is 11.3 Å². The van der Waals surface area contributed by atoms with Crippen molar-refractivity contribution >= 4 is 11.3 Å². The lowest BCUT2D eigenvalue weighted by atomic mass is 9.90. The SMILES string of the molecule is CC(C)C(C)C(O)Cc1cccs1. The highest BCUT2D eigenvalue weighted by molar-refractivity contribution is 7.09. The third-order valence-corrected chi connectivity index (χ3v) is 3.55. The molecular formula is C11H18OS. The zero-order valence-corrected chi connectivity index (χ0v) is 9.34. The molecule has 0 saturated carbocycles.